The van der Waals surface area contributed by atoms with Crippen molar-refractivity contribution in [3.8, 4) is 44.5 Å². The third-order valence-electron chi connectivity index (χ3n) is 14.8. The molecule has 0 bridgehead atoms. The zero-order valence-corrected chi connectivity index (χ0v) is 38.1. The SMILES string of the molecule is c1ccc(-c2ccc(-c3cccc(N(c4ccc(C5(c6ccccc6)c6ccccc6-c6ccccc65)cc4)c4cccc5c4C(c4ccccc4)(c4ccccc4)c4ccccc4-5)c3)cc2)cc1. The van der Waals surface area contributed by atoms with Crippen molar-refractivity contribution >= 4 is 17.1 Å². The lowest BCUT2D eigenvalue weighted by molar-refractivity contribution is 0.766. The summed E-state index contributed by atoms with van der Waals surface area (Å²) in [5, 5.41) is 0. The predicted molar refractivity (Wildman–Crippen MR) is 287 cm³/mol. The van der Waals surface area contributed by atoms with Crippen LogP contribution in [0, 0.1) is 0 Å². The molecule has 0 aromatic heterocycles. The average molecular weight is 878 g/mol. The van der Waals surface area contributed by atoms with E-state index in [1.54, 1.807) is 0 Å². The minimum absolute atomic E-state index is 0.505. The van der Waals surface area contributed by atoms with E-state index in [1.165, 1.54) is 83.5 Å². The van der Waals surface area contributed by atoms with Crippen molar-refractivity contribution in [1.29, 1.82) is 0 Å². The molecule has 0 fully saturated rings. The van der Waals surface area contributed by atoms with Crippen molar-refractivity contribution in [2.45, 2.75) is 10.8 Å². The van der Waals surface area contributed by atoms with Gasteiger partial charge < -0.3 is 4.90 Å². The first-order valence-electron chi connectivity index (χ1n) is 24.0. The normalized spacial score (nSPS) is 13.4. The average Bonchev–Trinajstić information content (AvgIpc) is 3.92. The first kappa shape index (κ1) is 40.5. The molecule has 0 heterocycles. The summed E-state index contributed by atoms with van der Waals surface area (Å²) in [5.74, 6) is 0. The molecule has 0 saturated carbocycles. The quantitative estimate of drug-likeness (QED) is 0.140. The van der Waals surface area contributed by atoms with Gasteiger partial charge in [-0.15, -0.1) is 0 Å². The Morgan fingerprint density at radius 1 is 0.232 bits per heavy atom. The van der Waals surface area contributed by atoms with Crippen molar-refractivity contribution in [3.05, 3.63) is 330 Å². The molecule has 2 aliphatic carbocycles. The molecule has 0 N–H and O–H groups in total. The molecule has 0 saturated heterocycles. The van der Waals surface area contributed by atoms with E-state index < -0.39 is 10.8 Å². The smallest absolute Gasteiger partial charge is 0.0734 e. The highest BCUT2D eigenvalue weighted by atomic mass is 15.1. The molecule has 0 aliphatic heterocycles. The molecule has 11 aromatic rings. The Labute approximate surface area is 404 Å². The maximum atomic E-state index is 2.52. The van der Waals surface area contributed by atoms with E-state index >= 15 is 0 Å². The fraction of sp³-hybridized carbons (Fsp3) is 0.0294. The Kier molecular flexibility index (Phi) is 9.70. The lowest BCUT2D eigenvalue weighted by Crippen LogP contribution is -2.30. The molecular formula is C68H47N. The van der Waals surface area contributed by atoms with Gasteiger partial charge in [-0.2, -0.15) is 0 Å². The summed E-state index contributed by atoms with van der Waals surface area (Å²) in [6.07, 6.45) is 0. The van der Waals surface area contributed by atoms with E-state index in [0.29, 0.717) is 0 Å². The standard InChI is InChI=1S/C68H47N/c1-5-21-48(22-6-1)49-39-41-50(42-40-49)51-23-19-30-57(47-51)69(56-45-43-55(44-46-56)67(52-24-7-2-8-25-52)62-35-16-13-31-58(62)59-32-14-17-36-63(59)67)65-38-20-34-61-60-33-15-18-37-64(60)68(66(61)65,53-26-9-3-10-27-53)54-28-11-4-12-29-54/h1-47H. The van der Waals surface area contributed by atoms with Gasteiger partial charge in [-0.3, -0.25) is 0 Å². The van der Waals surface area contributed by atoms with Crippen LogP contribution in [-0.4, -0.2) is 0 Å². The molecule has 1 nitrogen and oxygen atoms in total. The van der Waals surface area contributed by atoms with Crippen LogP contribution in [0.3, 0.4) is 0 Å². The Morgan fingerprint density at radius 3 is 1.16 bits per heavy atom. The molecule has 0 amide bonds. The van der Waals surface area contributed by atoms with Gasteiger partial charge in [0.25, 0.3) is 0 Å². The van der Waals surface area contributed by atoms with Gasteiger partial charge in [0, 0.05) is 16.9 Å². The molecule has 69 heavy (non-hydrogen) atoms. The fourth-order valence-electron chi connectivity index (χ4n) is 12.0. The van der Waals surface area contributed by atoms with Gasteiger partial charge in [0.05, 0.1) is 16.5 Å². The predicted octanol–water partition coefficient (Wildman–Crippen LogP) is 17.2. The molecule has 1 heteroatoms. The van der Waals surface area contributed by atoms with Crippen molar-refractivity contribution in [2.75, 3.05) is 4.90 Å². The van der Waals surface area contributed by atoms with Crippen molar-refractivity contribution in [1.82, 2.24) is 0 Å². The number of fused-ring (bicyclic) bond motifs is 6. The minimum Gasteiger partial charge on any atom is -0.310 e. The summed E-state index contributed by atoms with van der Waals surface area (Å²) in [5.41, 5.74) is 22.1. The van der Waals surface area contributed by atoms with Crippen LogP contribution in [0.5, 0.6) is 0 Å². The summed E-state index contributed by atoms with van der Waals surface area (Å²) in [7, 11) is 0. The maximum absolute atomic E-state index is 2.52. The van der Waals surface area contributed by atoms with E-state index in [9.17, 15) is 0 Å². The van der Waals surface area contributed by atoms with Gasteiger partial charge >= 0.3 is 0 Å². The van der Waals surface area contributed by atoms with Crippen LogP contribution in [-0.2, 0) is 10.8 Å². The van der Waals surface area contributed by atoms with Gasteiger partial charge in [-0.1, -0.05) is 255 Å². The van der Waals surface area contributed by atoms with Crippen LogP contribution < -0.4 is 4.90 Å². The third-order valence-corrected chi connectivity index (χ3v) is 14.8. The van der Waals surface area contributed by atoms with Crippen LogP contribution >= 0.6 is 0 Å². The van der Waals surface area contributed by atoms with Crippen molar-refractivity contribution in [3.63, 3.8) is 0 Å². The highest BCUT2D eigenvalue weighted by molar-refractivity contribution is 5.95. The van der Waals surface area contributed by atoms with Crippen molar-refractivity contribution in [2.24, 2.45) is 0 Å². The van der Waals surface area contributed by atoms with Crippen LogP contribution in [0.2, 0.25) is 0 Å². The highest BCUT2D eigenvalue weighted by Crippen LogP contribution is 2.61. The van der Waals surface area contributed by atoms with Crippen LogP contribution in [0.25, 0.3) is 44.5 Å². The minimum atomic E-state index is -0.608. The second-order valence-electron chi connectivity index (χ2n) is 18.3. The lowest BCUT2D eigenvalue weighted by atomic mass is 9.67. The molecule has 0 spiro atoms. The number of hydrogen-bond acceptors (Lipinski definition) is 1. The number of hydrogen-bond donors (Lipinski definition) is 0. The van der Waals surface area contributed by atoms with Gasteiger partial charge in [0.1, 0.15) is 0 Å². The molecule has 11 aromatic carbocycles. The Morgan fingerprint density at radius 2 is 0.609 bits per heavy atom. The molecular weight excluding hydrogens is 831 g/mol. The van der Waals surface area contributed by atoms with Crippen LogP contribution in [0.4, 0.5) is 17.1 Å². The highest BCUT2D eigenvalue weighted by Gasteiger charge is 2.49. The molecule has 13 rings (SSSR count). The lowest BCUT2D eigenvalue weighted by Gasteiger charge is -2.38. The summed E-state index contributed by atoms with van der Waals surface area (Å²) in [4.78, 5) is 2.52. The molecule has 0 unspecified atom stereocenters. The van der Waals surface area contributed by atoms with Gasteiger partial charge in [0.2, 0.25) is 0 Å². The molecule has 324 valence electrons. The summed E-state index contributed by atoms with van der Waals surface area (Å²) in [6, 6.07) is 106. The first-order valence-corrected chi connectivity index (χ1v) is 24.0. The second-order valence-corrected chi connectivity index (χ2v) is 18.3. The summed E-state index contributed by atoms with van der Waals surface area (Å²) >= 11 is 0. The Hall–Kier alpha value is -8.78. The van der Waals surface area contributed by atoms with E-state index in [0.717, 1.165) is 22.6 Å². The topological polar surface area (TPSA) is 3.24 Å². The van der Waals surface area contributed by atoms with E-state index in [4.69, 9.17) is 0 Å². The number of nitrogens with zero attached hydrogens (tertiary/aromatic N) is 1. The Balaban J connectivity index is 1.05. The van der Waals surface area contributed by atoms with Crippen LogP contribution in [0.15, 0.2) is 285 Å². The number of anilines is 3. The van der Waals surface area contributed by atoms with E-state index in [-0.39, 0.29) is 0 Å². The summed E-state index contributed by atoms with van der Waals surface area (Å²) < 4.78 is 0. The van der Waals surface area contributed by atoms with Gasteiger partial charge in [-0.05, 0) is 114 Å². The molecule has 2 aliphatic rings. The molecule has 0 radical (unpaired) electrons. The van der Waals surface area contributed by atoms with E-state index in [1.807, 2.05) is 0 Å². The second kappa shape index (κ2) is 16.5. The number of benzene rings is 11. The fourth-order valence-corrected chi connectivity index (χ4v) is 12.0. The zero-order valence-electron chi connectivity index (χ0n) is 38.1. The molecule has 0 atom stereocenters. The van der Waals surface area contributed by atoms with Gasteiger partial charge in [0.15, 0.2) is 0 Å². The number of rotatable bonds is 9. The van der Waals surface area contributed by atoms with Crippen LogP contribution in [0.1, 0.15) is 44.5 Å². The zero-order chi connectivity index (χ0) is 45.8. The Bertz CT molecular complexity index is 3550. The van der Waals surface area contributed by atoms with Gasteiger partial charge in [-0.25, -0.2) is 0 Å². The first-order chi connectivity index (χ1) is 34.2. The van der Waals surface area contributed by atoms with E-state index in [2.05, 4.69) is 290 Å². The largest absolute Gasteiger partial charge is 0.310 e. The summed E-state index contributed by atoms with van der Waals surface area (Å²) in [6.45, 7) is 0. The maximum Gasteiger partial charge on any atom is 0.0734 e. The van der Waals surface area contributed by atoms with Crippen molar-refractivity contribution < 1.29 is 0 Å². The monoisotopic (exact) mass is 877 g/mol. The third kappa shape index (κ3) is 6.24.